The number of amides is 2. The summed E-state index contributed by atoms with van der Waals surface area (Å²) < 4.78 is 5.04. The van der Waals surface area contributed by atoms with E-state index in [1.54, 1.807) is 4.90 Å². The summed E-state index contributed by atoms with van der Waals surface area (Å²) >= 11 is 0. The van der Waals surface area contributed by atoms with E-state index in [2.05, 4.69) is 5.32 Å². The summed E-state index contributed by atoms with van der Waals surface area (Å²) in [6.45, 7) is 9.41. The quantitative estimate of drug-likeness (QED) is 0.788. The van der Waals surface area contributed by atoms with Crippen LogP contribution in [0.1, 0.15) is 47.5 Å². The molecule has 21 heavy (non-hydrogen) atoms. The van der Waals surface area contributed by atoms with Crippen LogP contribution in [0.4, 0.5) is 0 Å². The molecule has 0 saturated carbocycles. The van der Waals surface area contributed by atoms with E-state index in [4.69, 9.17) is 4.74 Å². The van der Waals surface area contributed by atoms with Crippen molar-refractivity contribution in [1.29, 1.82) is 0 Å². The van der Waals surface area contributed by atoms with E-state index in [0.717, 1.165) is 6.42 Å². The minimum atomic E-state index is -0.566. The normalized spacial score (nSPS) is 18.8. The molecule has 2 amide bonds. The van der Waals surface area contributed by atoms with Crippen molar-refractivity contribution in [2.45, 2.75) is 59.5 Å². The minimum absolute atomic E-state index is 0.00153. The van der Waals surface area contributed by atoms with Crippen LogP contribution >= 0.6 is 0 Å². The lowest BCUT2D eigenvalue weighted by Gasteiger charge is -2.29. The number of hydrogen-bond acceptors (Lipinski definition) is 4. The predicted molar refractivity (Wildman–Crippen MR) is 78.4 cm³/mol. The Balaban J connectivity index is 2.57. The molecule has 1 heterocycles. The average molecular weight is 298 g/mol. The first-order valence-electron chi connectivity index (χ1n) is 7.40. The molecule has 1 saturated heterocycles. The first kappa shape index (κ1) is 17.5. The van der Waals surface area contributed by atoms with Crippen molar-refractivity contribution in [1.82, 2.24) is 10.2 Å². The van der Waals surface area contributed by atoms with Crippen molar-refractivity contribution in [2.75, 3.05) is 13.2 Å². The highest BCUT2D eigenvalue weighted by atomic mass is 16.5. The van der Waals surface area contributed by atoms with Crippen LogP contribution in [0.25, 0.3) is 0 Å². The second-order valence-corrected chi connectivity index (χ2v) is 6.74. The van der Waals surface area contributed by atoms with Crippen LogP contribution in [0, 0.1) is 5.41 Å². The summed E-state index contributed by atoms with van der Waals surface area (Å²) in [5, 5.41) is 2.65. The van der Waals surface area contributed by atoms with Gasteiger partial charge in [-0.15, -0.1) is 0 Å². The molecule has 0 aromatic rings. The maximum absolute atomic E-state index is 12.3. The minimum Gasteiger partial charge on any atom is -0.454 e. The Morgan fingerprint density at radius 2 is 1.90 bits per heavy atom. The lowest BCUT2D eigenvalue weighted by atomic mass is 9.94. The van der Waals surface area contributed by atoms with Gasteiger partial charge in [0, 0.05) is 18.0 Å². The van der Waals surface area contributed by atoms with E-state index < -0.39 is 17.4 Å². The summed E-state index contributed by atoms with van der Waals surface area (Å²) in [5.41, 5.74) is -0.530. The molecule has 6 nitrogen and oxygen atoms in total. The number of hydrogen-bond donors (Lipinski definition) is 1. The Morgan fingerprint density at radius 1 is 1.29 bits per heavy atom. The van der Waals surface area contributed by atoms with E-state index in [1.165, 1.54) is 0 Å². The van der Waals surface area contributed by atoms with Crippen LogP contribution in [-0.4, -0.2) is 47.9 Å². The molecule has 6 heteroatoms. The van der Waals surface area contributed by atoms with Crippen molar-refractivity contribution in [2.24, 2.45) is 5.41 Å². The van der Waals surface area contributed by atoms with Gasteiger partial charge >= 0.3 is 5.97 Å². The third kappa shape index (κ3) is 5.02. The molecule has 1 aliphatic rings. The molecule has 0 aromatic heterocycles. The van der Waals surface area contributed by atoms with Gasteiger partial charge in [0.15, 0.2) is 6.61 Å². The molecule has 0 radical (unpaired) electrons. The Labute approximate surface area is 126 Å². The van der Waals surface area contributed by atoms with Crippen LogP contribution in [0.15, 0.2) is 0 Å². The second-order valence-electron chi connectivity index (χ2n) is 6.74. The third-order valence-electron chi connectivity index (χ3n) is 3.22. The molecular formula is C15H26N2O4. The van der Waals surface area contributed by atoms with Gasteiger partial charge in [-0.3, -0.25) is 9.59 Å². The average Bonchev–Trinajstić information content (AvgIpc) is 2.81. The van der Waals surface area contributed by atoms with E-state index in [1.807, 2.05) is 34.6 Å². The number of ether oxygens (including phenoxy) is 1. The summed E-state index contributed by atoms with van der Waals surface area (Å²) in [6.07, 6.45) is 1.37. The number of carbonyl (C=O) groups excluding carboxylic acids is 3. The Kier molecular flexibility index (Phi) is 5.75. The van der Waals surface area contributed by atoms with E-state index >= 15 is 0 Å². The summed E-state index contributed by atoms with van der Waals surface area (Å²) in [7, 11) is 0. The third-order valence-corrected chi connectivity index (χ3v) is 3.22. The highest BCUT2D eigenvalue weighted by Crippen LogP contribution is 2.25. The zero-order chi connectivity index (χ0) is 16.2. The first-order chi connectivity index (χ1) is 9.62. The van der Waals surface area contributed by atoms with Crippen molar-refractivity contribution in [3.8, 4) is 0 Å². The van der Waals surface area contributed by atoms with Crippen LogP contribution in [0.2, 0.25) is 0 Å². The molecule has 0 aromatic carbocycles. The van der Waals surface area contributed by atoms with Crippen molar-refractivity contribution in [3.05, 3.63) is 0 Å². The molecule has 1 atom stereocenters. The maximum Gasteiger partial charge on any atom is 0.329 e. The Bertz CT molecular complexity index is 412. The van der Waals surface area contributed by atoms with E-state index in [9.17, 15) is 14.4 Å². The molecule has 120 valence electrons. The van der Waals surface area contributed by atoms with Gasteiger partial charge in [-0.1, -0.05) is 20.8 Å². The zero-order valence-electron chi connectivity index (χ0n) is 13.6. The van der Waals surface area contributed by atoms with Crippen LogP contribution < -0.4 is 5.32 Å². The fourth-order valence-corrected chi connectivity index (χ4v) is 2.28. The van der Waals surface area contributed by atoms with Gasteiger partial charge in [-0.2, -0.15) is 0 Å². The fraction of sp³-hybridized carbons (Fsp3) is 0.800. The molecular weight excluding hydrogens is 272 g/mol. The zero-order valence-corrected chi connectivity index (χ0v) is 13.6. The van der Waals surface area contributed by atoms with Gasteiger partial charge in [0.25, 0.3) is 5.91 Å². The number of likely N-dealkylation sites (tertiary alicyclic amines) is 1. The van der Waals surface area contributed by atoms with Crippen LogP contribution in [0.3, 0.4) is 0 Å². The number of esters is 1. The van der Waals surface area contributed by atoms with Gasteiger partial charge in [-0.05, 0) is 26.7 Å². The van der Waals surface area contributed by atoms with Crippen molar-refractivity contribution in [3.63, 3.8) is 0 Å². The number of carbonyl (C=O) groups is 3. The van der Waals surface area contributed by atoms with Crippen molar-refractivity contribution >= 4 is 17.8 Å². The second kappa shape index (κ2) is 6.91. The van der Waals surface area contributed by atoms with E-state index in [0.29, 0.717) is 13.0 Å². The molecule has 1 N–H and O–H groups in total. The standard InChI is InChI=1S/C15H26N2O4/c1-10(2)16-12(18)9-21-13(19)11-7-6-8-17(11)14(20)15(3,4)5/h10-11H,6-9H2,1-5H3,(H,16,18)/t11-/m1/s1. The molecule has 1 rings (SSSR count). The monoisotopic (exact) mass is 298 g/mol. The smallest absolute Gasteiger partial charge is 0.329 e. The van der Waals surface area contributed by atoms with Crippen molar-refractivity contribution < 1.29 is 19.1 Å². The highest BCUT2D eigenvalue weighted by molar-refractivity contribution is 5.89. The van der Waals surface area contributed by atoms with Gasteiger partial charge < -0.3 is 15.0 Å². The molecule has 0 spiro atoms. The fourth-order valence-electron chi connectivity index (χ4n) is 2.28. The van der Waals surface area contributed by atoms with Gasteiger partial charge in [0.05, 0.1) is 0 Å². The number of rotatable bonds is 4. The van der Waals surface area contributed by atoms with Gasteiger partial charge in [0.2, 0.25) is 5.91 Å². The highest BCUT2D eigenvalue weighted by Gasteiger charge is 2.39. The predicted octanol–water partition coefficient (Wildman–Crippen LogP) is 1.09. The van der Waals surface area contributed by atoms with Crippen LogP contribution in [0.5, 0.6) is 0 Å². The SMILES string of the molecule is CC(C)NC(=O)COC(=O)[C@H]1CCCN1C(=O)C(C)(C)C. The van der Waals surface area contributed by atoms with Gasteiger partial charge in [-0.25, -0.2) is 4.79 Å². The lowest BCUT2D eigenvalue weighted by molar-refractivity contribution is -0.158. The molecule has 1 aliphatic heterocycles. The first-order valence-corrected chi connectivity index (χ1v) is 7.40. The largest absolute Gasteiger partial charge is 0.454 e. The molecule has 0 aliphatic carbocycles. The number of nitrogens with one attached hydrogen (secondary N) is 1. The summed E-state index contributed by atoms with van der Waals surface area (Å²) in [5.74, 6) is -0.886. The number of nitrogens with zero attached hydrogens (tertiary/aromatic N) is 1. The lowest BCUT2D eigenvalue weighted by Crippen LogP contribution is -2.47. The Morgan fingerprint density at radius 3 is 2.43 bits per heavy atom. The Hall–Kier alpha value is -1.59. The van der Waals surface area contributed by atoms with Crippen LogP contribution in [-0.2, 0) is 19.1 Å². The summed E-state index contributed by atoms with van der Waals surface area (Å²) in [4.78, 5) is 37.4. The van der Waals surface area contributed by atoms with E-state index in [-0.39, 0.29) is 24.5 Å². The summed E-state index contributed by atoms with van der Waals surface area (Å²) in [6, 6.07) is -0.565. The molecule has 0 bridgehead atoms. The van der Waals surface area contributed by atoms with Gasteiger partial charge in [0.1, 0.15) is 6.04 Å². The molecule has 1 fully saturated rings. The molecule has 0 unspecified atom stereocenters. The topological polar surface area (TPSA) is 75.7 Å². The maximum atomic E-state index is 12.3.